The maximum Gasteiger partial charge on any atom is 0.341 e. The highest BCUT2D eigenvalue weighted by atomic mass is 16.4. The van der Waals surface area contributed by atoms with E-state index in [2.05, 4.69) is 20.2 Å². The van der Waals surface area contributed by atoms with E-state index in [9.17, 15) is 9.59 Å². The number of hydrogen-bond donors (Lipinski definition) is 2. The molecule has 144 valence electrons. The van der Waals surface area contributed by atoms with Gasteiger partial charge in [-0.15, -0.1) is 5.10 Å². The molecule has 1 atom stereocenters. The Hall–Kier alpha value is -3.42. The van der Waals surface area contributed by atoms with E-state index in [1.807, 2.05) is 42.1 Å². The molecule has 3 aromatic rings. The molecule has 0 bridgehead atoms. The number of nitrogens with one attached hydrogen (secondary N) is 1. The van der Waals surface area contributed by atoms with E-state index < -0.39 is 11.5 Å². The molecule has 8 heteroatoms. The number of hydrogen-bond acceptors (Lipinski definition) is 5. The first-order valence-corrected chi connectivity index (χ1v) is 9.27. The van der Waals surface area contributed by atoms with Crippen LogP contribution < -0.4 is 10.5 Å². The van der Waals surface area contributed by atoms with Crippen LogP contribution in [-0.4, -0.2) is 44.1 Å². The zero-order valence-corrected chi connectivity index (χ0v) is 15.5. The molecule has 1 saturated heterocycles. The van der Waals surface area contributed by atoms with Crippen molar-refractivity contribution in [2.24, 2.45) is 0 Å². The molecule has 2 N–H and O–H groups in total. The van der Waals surface area contributed by atoms with E-state index in [-0.39, 0.29) is 5.56 Å². The minimum absolute atomic E-state index is 0.228. The van der Waals surface area contributed by atoms with Crippen molar-refractivity contribution < 1.29 is 9.90 Å². The summed E-state index contributed by atoms with van der Waals surface area (Å²) in [4.78, 5) is 28.3. The van der Waals surface area contributed by atoms with Crippen LogP contribution in [0.4, 0.5) is 5.69 Å². The standard InChI is InChI=1S/C20H21N5O3/c1-2-13-11-17(20(27)28)19(26)22-18(13)14-3-5-15(6-4-14)24-9-7-16(12-24)25-10-8-21-23-25/h3-6,8,10-11,16H,2,7,9,12H2,1H3,(H,22,26)(H,27,28). The predicted molar refractivity (Wildman–Crippen MR) is 105 cm³/mol. The van der Waals surface area contributed by atoms with Gasteiger partial charge in [0, 0.05) is 25.0 Å². The second-order valence-corrected chi connectivity index (χ2v) is 6.89. The van der Waals surface area contributed by atoms with Crippen molar-refractivity contribution in [3.05, 3.63) is 64.2 Å². The lowest BCUT2D eigenvalue weighted by Gasteiger charge is -2.19. The first-order chi connectivity index (χ1) is 13.6. The Kier molecular flexibility index (Phi) is 4.68. The summed E-state index contributed by atoms with van der Waals surface area (Å²) in [5, 5.41) is 17.1. The molecule has 0 amide bonds. The molecule has 8 nitrogen and oxygen atoms in total. The molecule has 2 aromatic heterocycles. The number of H-pyrrole nitrogens is 1. The van der Waals surface area contributed by atoms with Crippen LogP contribution in [0, 0.1) is 0 Å². The van der Waals surface area contributed by atoms with Crippen molar-refractivity contribution in [3.8, 4) is 11.3 Å². The topological polar surface area (TPSA) is 104 Å². The third-order valence-electron chi connectivity index (χ3n) is 5.23. The zero-order chi connectivity index (χ0) is 19.7. The van der Waals surface area contributed by atoms with Gasteiger partial charge in [-0.2, -0.15) is 0 Å². The molecule has 1 fully saturated rings. The van der Waals surface area contributed by atoms with Gasteiger partial charge in [-0.05, 0) is 42.2 Å². The van der Waals surface area contributed by atoms with Crippen LogP contribution in [0.1, 0.15) is 35.3 Å². The van der Waals surface area contributed by atoms with Gasteiger partial charge < -0.3 is 15.0 Å². The third kappa shape index (κ3) is 3.28. The molecule has 1 aliphatic heterocycles. The number of rotatable bonds is 5. The maximum atomic E-state index is 12.1. The number of aromatic carboxylic acids is 1. The number of nitrogens with zero attached hydrogens (tertiary/aromatic N) is 4. The number of aryl methyl sites for hydroxylation is 1. The smallest absolute Gasteiger partial charge is 0.341 e. The highest BCUT2D eigenvalue weighted by Crippen LogP contribution is 2.29. The van der Waals surface area contributed by atoms with Crippen molar-refractivity contribution in [1.29, 1.82) is 0 Å². The van der Waals surface area contributed by atoms with E-state index in [1.165, 1.54) is 6.07 Å². The summed E-state index contributed by atoms with van der Waals surface area (Å²) in [6, 6.07) is 9.76. The fourth-order valence-corrected chi connectivity index (χ4v) is 3.71. The van der Waals surface area contributed by atoms with Crippen molar-refractivity contribution >= 4 is 11.7 Å². The fourth-order valence-electron chi connectivity index (χ4n) is 3.71. The van der Waals surface area contributed by atoms with Crippen molar-refractivity contribution in [3.63, 3.8) is 0 Å². The first kappa shape index (κ1) is 18.0. The van der Waals surface area contributed by atoms with Gasteiger partial charge in [-0.3, -0.25) is 4.79 Å². The minimum atomic E-state index is -1.21. The molecule has 1 aromatic carbocycles. The fraction of sp³-hybridized carbons (Fsp3) is 0.300. The Labute approximate surface area is 161 Å². The van der Waals surface area contributed by atoms with Crippen LogP contribution in [-0.2, 0) is 6.42 Å². The molecular formula is C20H21N5O3. The molecule has 3 heterocycles. The molecule has 4 rings (SSSR count). The Balaban J connectivity index is 1.58. The van der Waals surface area contributed by atoms with Gasteiger partial charge in [0.15, 0.2) is 0 Å². The van der Waals surface area contributed by atoms with Crippen LogP contribution in [0.15, 0.2) is 47.5 Å². The molecule has 0 aliphatic carbocycles. The normalized spacial score (nSPS) is 16.5. The summed E-state index contributed by atoms with van der Waals surface area (Å²) in [7, 11) is 0. The van der Waals surface area contributed by atoms with Gasteiger partial charge >= 0.3 is 5.97 Å². The molecule has 1 aliphatic rings. The van der Waals surface area contributed by atoms with Crippen LogP contribution in [0.3, 0.4) is 0 Å². The van der Waals surface area contributed by atoms with Gasteiger partial charge in [0.05, 0.1) is 17.9 Å². The van der Waals surface area contributed by atoms with Crippen LogP contribution >= 0.6 is 0 Å². The number of pyridine rings is 1. The van der Waals surface area contributed by atoms with E-state index in [0.29, 0.717) is 18.2 Å². The van der Waals surface area contributed by atoms with E-state index >= 15 is 0 Å². The van der Waals surface area contributed by atoms with Gasteiger partial charge in [0.25, 0.3) is 5.56 Å². The maximum absolute atomic E-state index is 12.1. The summed E-state index contributed by atoms with van der Waals surface area (Å²) in [6.07, 6.45) is 5.22. The lowest BCUT2D eigenvalue weighted by Crippen LogP contribution is -2.21. The number of carboxylic acids is 1. The Morgan fingerprint density at radius 3 is 2.75 bits per heavy atom. The Morgan fingerprint density at radius 2 is 2.11 bits per heavy atom. The average Bonchev–Trinajstić information content (AvgIpc) is 3.39. The molecule has 0 spiro atoms. The molecule has 28 heavy (non-hydrogen) atoms. The molecular weight excluding hydrogens is 358 g/mol. The monoisotopic (exact) mass is 379 g/mol. The quantitative estimate of drug-likeness (QED) is 0.705. The largest absolute Gasteiger partial charge is 0.477 e. The van der Waals surface area contributed by atoms with E-state index in [0.717, 1.165) is 36.3 Å². The van der Waals surface area contributed by atoms with E-state index in [4.69, 9.17) is 5.11 Å². The zero-order valence-electron chi connectivity index (χ0n) is 15.5. The van der Waals surface area contributed by atoms with Crippen LogP contribution in [0.25, 0.3) is 11.3 Å². The predicted octanol–water partition coefficient (Wildman–Crippen LogP) is 2.35. The summed E-state index contributed by atoms with van der Waals surface area (Å²) in [6.45, 7) is 3.74. The number of benzene rings is 1. The summed E-state index contributed by atoms with van der Waals surface area (Å²) in [5.41, 5.74) is 2.63. The Morgan fingerprint density at radius 1 is 1.32 bits per heavy atom. The van der Waals surface area contributed by atoms with Crippen LogP contribution in [0.5, 0.6) is 0 Å². The summed E-state index contributed by atoms with van der Waals surface area (Å²) >= 11 is 0. The third-order valence-corrected chi connectivity index (χ3v) is 5.23. The average molecular weight is 379 g/mol. The number of carbonyl (C=O) groups is 1. The number of anilines is 1. The molecule has 0 saturated carbocycles. The highest BCUT2D eigenvalue weighted by Gasteiger charge is 2.24. The number of aromatic amines is 1. The lowest BCUT2D eigenvalue weighted by molar-refractivity contribution is 0.0695. The molecule has 0 radical (unpaired) electrons. The summed E-state index contributed by atoms with van der Waals surface area (Å²) < 4.78 is 1.90. The van der Waals surface area contributed by atoms with Gasteiger partial charge in [-0.25, -0.2) is 9.48 Å². The van der Waals surface area contributed by atoms with Crippen LogP contribution in [0.2, 0.25) is 0 Å². The lowest BCUT2D eigenvalue weighted by atomic mass is 10.0. The number of aromatic nitrogens is 4. The molecule has 1 unspecified atom stereocenters. The second-order valence-electron chi connectivity index (χ2n) is 6.89. The van der Waals surface area contributed by atoms with Crippen molar-refractivity contribution in [1.82, 2.24) is 20.0 Å². The minimum Gasteiger partial charge on any atom is -0.477 e. The Bertz CT molecular complexity index is 1040. The van der Waals surface area contributed by atoms with Crippen molar-refractivity contribution in [2.75, 3.05) is 18.0 Å². The summed E-state index contributed by atoms with van der Waals surface area (Å²) in [5.74, 6) is -1.21. The van der Waals surface area contributed by atoms with E-state index in [1.54, 1.807) is 6.20 Å². The van der Waals surface area contributed by atoms with Gasteiger partial charge in [-0.1, -0.05) is 24.3 Å². The van der Waals surface area contributed by atoms with Gasteiger partial charge in [0.2, 0.25) is 0 Å². The SMILES string of the molecule is CCc1cc(C(=O)O)c(=O)[nH]c1-c1ccc(N2CCC(n3ccnn3)C2)cc1. The second kappa shape index (κ2) is 7.30. The first-order valence-electron chi connectivity index (χ1n) is 9.27. The number of carboxylic acid groups (broad SMARTS) is 1. The highest BCUT2D eigenvalue weighted by molar-refractivity contribution is 5.88. The van der Waals surface area contributed by atoms with Gasteiger partial charge in [0.1, 0.15) is 5.56 Å². The van der Waals surface area contributed by atoms with Crippen molar-refractivity contribution in [2.45, 2.75) is 25.8 Å².